The number of carboxylic acid groups (broad SMARTS) is 1. The van der Waals surface area contributed by atoms with Crippen LogP contribution >= 0.6 is 0 Å². The molecule has 9 heteroatoms. The number of aliphatic hydroxyl groups excluding tert-OH is 4. The zero-order valence-electron chi connectivity index (χ0n) is 16.4. The smallest absolute Gasteiger partial charge is 0.303 e. The zero-order chi connectivity index (χ0) is 21.0. The monoisotopic (exact) mass is 409 g/mol. The molecule has 5 atom stereocenters. The molecule has 1 saturated heterocycles. The normalized spacial score (nSPS) is 29.6. The Morgan fingerprint density at radius 2 is 1.83 bits per heavy atom. The third kappa shape index (κ3) is 5.06. The van der Waals surface area contributed by atoms with Crippen LogP contribution in [0.25, 0.3) is 0 Å². The molecule has 7 N–H and O–H groups in total. The van der Waals surface area contributed by atoms with Crippen LogP contribution in [0.15, 0.2) is 18.2 Å². The van der Waals surface area contributed by atoms with Gasteiger partial charge in [0.15, 0.2) is 0 Å². The van der Waals surface area contributed by atoms with Gasteiger partial charge in [0.05, 0.1) is 6.04 Å². The van der Waals surface area contributed by atoms with Gasteiger partial charge in [-0.2, -0.15) is 0 Å². The quantitative estimate of drug-likeness (QED) is 0.295. The lowest BCUT2D eigenvalue weighted by Crippen LogP contribution is -2.57. The van der Waals surface area contributed by atoms with Crippen molar-refractivity contribution in [1.82, 2.24) is 10.2 Å². The summed E-state index contributed by atoms with van der Waals surface area (Å²) in [5.41, 5.74) is 1.94. The van der Waals surface area contributed by atoms with Crippen LogP contribution in [0.1, 0.15) is 68.5 Å². The van der Waals surface area contributed by atoms with E-state index in [1.54, 1.807) is 6.07 Å². The molecule has 29 heavy (non-hydrogen) atoms. The van der Waals surface area contributed by atoms with Crippen LogP contribution in [0.5, 0.6) is 0 Å². The van der Waals surface area contributed by atoms with Gasteiger partial charge < -0.3 is 30.8 Å². The Hall–Kier alpha value is -1.75. The van der Waals surface area contributed by atoms with Gasteiger partial charge in [-0.25, -0.2) is 4.90 Å². The summed E-state index contributed by atoms with van der Waals surface area (Å²) in [6.45, 7) is 0.673. The number of aliphatic hydroxyl groups is 4. The topological polar surface area (TPSA) is 146 Å². The highest BCUT2D eigenvalue weighted by atomic mass is 16.4. The lowest BCUT2D eigenvalue weighted by molar-refractivity contribution is -0.158. The van der Waals surface area contributed by atoms with Crippen molar-refractivity contribution in [2.75, 3.05) is 11.9 Å². The summed E-state index contributed by atoms with van der Waals surface area (Å²) in [5.74, 6) is -0.770. The van der Waals surface area contributed by atoms with Crippen LogP contribution in [0.3, 0.4) is 0 Å². The fraction of sp³-hybridized carbons (Fsp3) is 0.650. The fourth-order valence-corrected chi connectivity index (χ4v) is 4.22. The molecule has 0 aromatic heterocycles. The van der Waals surface area contributed by atoms with Crippen molar-refractivity contribution >= 4 is 11.7 Å². The number of unbranched alkanes of at least 4 members (excludes halogenated alkanes) is 3. The Morgan fingerprint density at radius 3 is 2.55 bits per heavy atom. The number of fused-ring (bicyclic) bond motifs is 1. The second-order valence-electron chi connectivity index (χ2n) is 7.76. The Labute approximate surface area is 170 Å². The summed E-state index contributed by atoms with van der Waals surface area (Å²) in [6, 6.07) is 4.89. The maximum atomic E-state index is 10.9. The van der Waals surface area contributed by atoms with Gasteiger partial charge in [-0.1, -0.05) is 25.0 Å². The number of nitrogens with zero attached hydrogens (tertiary/aromatic N) is 1. The van der Waals surface area contributed by atoms with Crippen LogP contribution in [0.4, 0.5) is 5.69 Å². The molecule has 0 amide bonds. The Bertz CT molecular complexity index is 703. The zero-order valence-corrected chi connectivity index (χ0v) is 16.4. The number of benzene rings is 1. The van der Waals surface area contributed by atoms with Crippen molar-refractivity contribution in [1.29, 1.82) is 0 Å². The number of aliphatic carboxylic acids is 1. The number of anilines is 1. The predicted octanol–water partition coefficient (Wildman–Crippen LogP) is 0.820. The standard InChI is InChI=1S/C20H31N3O6/c24-15-10-9-14(18(27)22-15)23-19(28)12-6-5-7-13(17(12)20(23)29)21-11-4-2-1-3-8-16(25)26/h5-7,14-15,18-22,24,27-29H,1-4,8-11H2,(H,25,26). The Kier molecular flexibility index (Phi) is 7.44. The lowest BCUT2D eigenvalue weighted by atomic mass is 10.0. The van der Waals surface area contributed by atoms with Gasteiger partial charge in [0.25, 0.3) is 0 Å². The summed E-state index contributed by atoms with van der Waals surface area (Å²) < 4.78 is 0. The summed E-state index contributed by atoms with van der Waals surface area (Å²) in [6.07, 6.45) is 0.384. The van der Waals surface area contributed by atoms with E-state index in [2.05, 4.69) is 10.6 Å². The molecule has 1 fully saturated rings. The first-order valence-corrected chi connectivity index (χ1v) is 10.2. The molecule has 0 saturated carbocycles. The maximum Gasteiger partial charge on any atom is 0.303 e. The molecule has 9 nitrogen and oxygen atoms in total. The first-order valence-electron chi connectivity index (χ1n) is 10.2. The highest BCUT2D eigenvalue weighted by Gasteiger charge is 2.45. The van der Waals surface area contributed by atoms with Crippen LogP contribution < -0.4 is 10.6 Å². The first-order chi connectivity index (χ1) is 13.9. The molecule has 0 aliphatic carbocycles. The number of piperidine rings is 1. The van der Waals surface area contributed by atoms with E-state index in [0.717, 1.165) is 24.9 Å². The van der Waals surface area contributed by atoms with Crippen molar-refractivity contribution in [2.45, 2.75) is 75.9 Å². The molecule has 2 heterocycles. The fourth-order valence-electron chi connectivity index (χ4n) is 4.22. The van der Waals surface area contributed by atoms with Gasteiger partial charge in [-0.15, -0.1) is 0 Å². The predicted molar refractivity (Wildman–Crippen MR) is 106 cm³/mol. The van der Waals surface area contributed by atoms with Gasteiger partial charge in [0, 0.05) is 29.8 Å². The highest BCUT2D eigenvalue weighted by molar-refractivity contribution is 5.66. The molecule has 2 aliphatic heterocycles. The largest absolute Gasteiger partial charge is 0.481 e. The number of carboxylic acids is 1. The number of rotatable bonds is 9. The molecule has 1 aromatic rings. The molecule has 1 aromatic carbocycles. The van der Waals surface area contributed by atoms with Crippen LogP contribution in [-0.2, 0) is 4.79 Å². The molecule has 5 unspecified atom stereocenters. The van der Waals surface area contributed by atoms with E-state index >= 15 is 0 Å². The van der Waals surface area contributed by atoms with Crippen molar-refractivity contribution in [3.05, 3.63) is 29.3 Å². The molecule has 0 radical (unpaired) electrons. The Balaban J connectivity index is 1.60. The van der Waals surface area contributed by atoms with Crippen LogP contribution in [-0.4, -0.2) is 61.4 Å². The minimum Gasteiger partial charge on any atom is -0.481 e. The SMILES string of the molecule is O=C(O)CCCCCCNc1cccc2c1C(O)N(C1CCC(O)NC1O)C2O. The lowest BCUT2D eigenvalue weighted by Gasteiger charge is -2.40. The second kappa shape index (κ2) is 9.84. The molecule has 0 bridgehead atoms. The van der Waals surface area contributed by atoms with E-state index in [0.29, 0.717) is 36.9 Å². The third-order valence-corrected chi connectivity index (χ3v) is 5.72. The van der Waals surface area contributed by atoms with E-state index in [1.807, 2.05) is 12.1 Å². The second-order valence-corrected chi connectivity index (χ2v) is 7.76. The van der Waals surface area contributed by atoms with Gasteiger partial charge in [-0.3, -0.25) is 10.1 Å². The van der Waals surface area contributed by atoms with Gasteiger partial charge >= 0.3 is 5.97 Å². The summed E-state index contributed by atoms with van der Waals surface area (Å²) in [4.78, 5) is 12.0. The third-order valence-electron chi connectivity index (χ3n) is 5.72. The van der Waals surface area contributed by atoms with Crippen molar-refractivity contribution in [3.8, 4) is 0 Å². The van der Waals surface area contributed by atoms with Gasteiger partial charge in [0.1, 0.15) is 24.9 Å². The average molecular weight is 409 g/mol. The van der Waals surface area contributed by atoms with E-state index in [4.69, 9.17) is 5.11 Å². The molecular weight excluding hydrogens is 378 g/mol. The summed E-state index contributed by atoms with van der Waals surface area (Å²) >= 11 is 0. The average Bonchev–Trinajstić information content (AvgIpc) is 2.92. The maximum absolute atomic E-state index is 10.9. The number of nitrogens with one attached hydrogen (secondary N) is 2. The van der Waals surface area contributed by atoms with Crippen LogP contribution in [0, 0.1) is 0 Å². The van der Waals surface area contributed by atoms with E-state index in [1.165, 1.54) is 4.90 Å². The summed E-state index contributed by atoms with van der Waals surface area (Å²) in [5, 5.41) is 56.2. The van der Waals surface area contributed by atoms with E-state index in [-0.39, 0.29) is 6.42 Å². The minimum atomic E-state index is -1.07. The Morgan fingerprint density at radius 1 is 1.07 bits per heavy atom. The number of hydrogen-bond donors (Lipinski definition) is 7. The van der Waals surface area contributed by atoms with Crippen LogP contribution in [0.2, 0.25) is 0 Å². The van der Waals surface area contributed by atoms with Crippen molar-refractivity contribution < 1.29 is 30.3 Å². The van der Waals surface area contributed by atoms with Crippen molar-refractivity contribution in [3.63, 3.8) is 0 Å². The minimum absolute atomic E-state index is 0.193. The number of carbonyl (C=O) groups is 1. The molecule has 2 aliphatic rings. The highest BCUT2D eigenvalue weighted by Crippen LogP contribution is 2.45. The summed E-state index contributed by atoms with van der Waals surface area (Å²) in [7, 11) is 0. The first kappa shape index (κ1) is 21.9. The van der Waals surface area contributed by atoms with Gasteiger partial charge in [0.2, 0.25) is 0 Å². The van der Waals surface area contributed by atoms with E-state index in [9.17, 15) is 25.2 Å². The molecule has 0 spiro atoms. The van der Waals surface area contributed by atoms with Crippen molar-refractivity contribution in [2.24, 2.45) is 0 Å². The van der Waals surface area contributed by atoms with Gasteiger partial charge in [-0.05, 0) is 31.7 Å². The van der Waals surface area contributed by atoms with E-state index < -0.39 is 36.9 Å². The number of hydrogen-bond acceptors (Lipinski definition) is 8. The molecular formula is C20H31N3O6. The molecule has 162 valence electrons. The molecule has 3 rings (SSSR count).